The minimum Gasteiger partial charge on any atom is -0.478 e. The van der Waals surface area contributed by atoms with Crippen LogP contribution in [0.5, 0.6) is 5.88 Å². The van der Waals surface area contributed by atoms with Gasteiger partial charge in [-0.3, -0.25) is 25.2 Å². The van der Waals surface area contributed by atoms with Crippen molar-refractivity contribution >= 4 is 34.7 Å². The molecule has 4 aromatic heterocycles. The molecule has 2 saturated carbocycles. The van der Waals surface area contributed by atoms with Gasteiger partial charge in [0.25, 0.3) is 5.91 Å². The highest BCUT2D eigenvalue weighted by Crippen LogP contribution is 2.41. The third kappa shape index (κ3) is 8.23. The minimum absolute atomic E-state index is 0.0219. The van der Waals surface area contributed by atoms with Crippen LogP contribution in [-0.2, 0) is 27.0 Å². The SMILES string of the molecule is CCOc1ncc(-c2cc(N(C)CC3(COC)CCCCC3)c3[nH]c(NC(=O)c4ccc(CNC5(C(=O)OC)CCC5)cn4)nc3n2)cc1C(F)(F)F. The van der Waals surface area contributed by atoms with Crippen LogP contribution in [0.1, 0.15) is 79.9 Å². The first kappa shape index (κ1) is 37.9. The van der Waals surface area contributed by atoms with Crippen molar-refractivity contribution in [2.24, 2.45) is 5.41 Å². The van der Waals surface area contributed by atoms with Gasteiger partial charge in [-0.15, -0.1) is 0 Å². The van der Waals surface area contributed by atoms with E-state index in [1.54, 1.807) is 38.4 Å². The summed E-state index contributed by atoms with van der Waals surface area (Å²) in [7, 11) is 4.98. The van der Waals surface area contributed by atoms with Crippen LogP contribution >= 0.6 is 0 Å². The number of esters is 1. The van der Waals surface area contributed by atoms with E-state index in [1.165, 1.54) is 13.3 Å². The highest BCUT2D eigenvalue weighted by atomic mass is 19.4. The van der Waals surface area contributed by atoms with Gasteiger partial charge in [-0.25, -0.2) is 9.97 Å². The molecule has 0 unspecified atom stereocenters. The van der Waals surface area contributed by atoms with Crippen LogP contribution in [0, 0.1) is 5.41 Å². The topological polar surface area (TPSA) is 156 Å². The van der Waals surface area contributed by atoms with E-state index < -0.39 is 29.1 Å². The van der Waals surface area contributed by atoms with Crippen molar-refractivity contribution in [3.05, 3.63) is 53.5 Å². The Bertz CT molecular complexity index is 1920. The average molecular weight is 739 g/mol. The van der Waals surface area contributed by atoms with E-state index in [9.17, 15) is 22.8 Å². The number of fused-ring (bicyclic) bond motifs is 1. The average Bonchev–Trinajstić information content (AvgIpc) is 3.53. The van der Waals surface area contributed by atoms with E-state index in [0.717, 1.165) is 50.2 Å². The number of aromatic amines is 1. The Balaban J connectivity index is 1.29. The van der Waals surface area contributed by atoms with Crippen molar-refractivity contribution in [1.29, 1.82) is 0 Å². The molecule has 1 amide bonds. The third-order valence-electron chi connectivity index (χ3n) is 10.2. The molecule has 2 aliphatic rings. The van der Waals surface area contributed by atoms with Crippen LogP contribution in [0.3, 0.4) is 0 Å². The standard InChI is InChI=1S/C37H45F3N8O5/c1-5-53-32-25(37(38,39)40)16-24(20-42-32)27-17-28(48(2)21-35(22-51-3)12-7-6-8-13-35)29-30(44-27)46-34(45-29)47-31(49)26-11-10-23(18-41-26)19-43-36(14-9-15-36)33(50)52-4/h10-11,16-18,20,43H,5-9,12-15,19,21-22H2,1-4H3,(H2,44,45,46,47,49). The summed E-state index contributed by atoms with van der Waals surface area (Å²) in [5, 5.41) is 6.02. The number of hydrogen-bond donors (Lipinski definition) is 3. The van der Waals surface area contributed by atoms with Gasteiger partial charge >= 0.3 is 12.1 Å². The second-order valence-electron chi connectivity index (χ2n) is 14.0. The van der Waals surface area contributed by atoms with Gasteiger partial charge in [0.1, 0.15) is 22.3 Å². The second kappa shape index (κ2) is 15.6. The van der Waals surface area contributed by atoms with E-state index in [2.05, 4.69) is 35.6 Å². The zero-order valence-electron chi connectivity index (χ0n) is 30.4. The molecule has 0 spiro atoms. The van der Waals surface area contributed by atoms with Crippen LogP contribution in [-0.4, -0.2) is 83.4 Å². The van der Waals surface area contributed by atoms with E-state index in [1.807, 2.05) is 11.9 Å². The molecule has 13 nitrogen and oxygen atoms in total. The number of rotatable bonds is 14. The second-order valence-corrected chi connectivity index (χ2v) is 14.0. The molecule has 0 atom stereocenters. The molecule has 0 aromatic carbocycles. The number of carbonyl (C=O) groups excluding carboxylic acids is 2. The van der Waals surface area contributed by atoms with E-state index in [-0.39, 0.29) is 46.5 Å². The summed E-state index contributed by atoms with van der Waals surface area (Å²) in [4.78, 5) is 48.3. The largest absolute Gasteiger partial charge is 0.478 e. The molecular formula is C37H45F3N8O5. The number of alkyl halides is 3. The number of H-pyrrole nitrogens is 1. The fraction of sp³-hybridized carbons (Fsp3) is 0.514. The molecule has 3 N–H and O–H groups in total. The van der Waals surface area contributed by atoms with Crippen LogP contribution in [0.2, 0.25) is 0 Å². The summed E-state index contributed by atoms with van der Waals surface area (Å²) < 4.78 is 58.1. The van der Waals surface area contributed by atoms with Crippen molar-refractivity contribution in [3.8, 4) is 17.1 Å². The number of hydrogen-bond acceptors (Lipinski definition) is 11. The number of halogens is 3. The highest BCUT2D eigenvalue weighted by Gasteiger charge is 2.45. The number of pyridine rings is 3. The van der Waals surface area contributed by atoms with Crippen molar-refractivity contribution in [2.45, 2.75) is 76.6 Å². The van der Waals surface area contributed by atoms with Gasteiger partial charge in [0.2, 0.25) is 11.8 Å². The number of ether oxygens (including phenoxy) is 3. The first-order valence-electron chi connectivity index (χ1n) is 17.8. The van der Waals surface area contributed by atoms with E-state index in [4.69, 9.17) is 14.2 Å². The Hall–Kier alpha value is -4.83. The summed E-state index contributed by atoms with van der Waals surface area (Å²) in [5.74, 6) is -1.24. The Morgan fingerprint density at radius 1 is 1.00 bits per heavy atom. The lowest BCUT2D eigenvalue weighted by Gasteiger charge is -2.40. The molecule has 16 heteroatoms. The molecule has 0 aliphatic heterocycles. The summed E-state index contributed by atoms with van der Waals surface area (Å²) >= 11 is 0. The lowest BCUT2D eigenvalue weighted by molar-refractivity contribution is -0.152. The molecule has 0 saturated heterocycles. The minimum atomic E-state index is -4.71. The summed E-state index contributed by atoms with van der Waals surface area (Å²) in [6.45, 7) is 3.16. The molecule has 4 aromatic rings. The predicted molar refractivity (Wildman–Crippen MR) is 192 cm³/mol. The number of aromatic nitrogens is 5. The van der Waals surface area contributed by atoms with Gasteiger partial charge in [-0.1, -0.05) is 25.3 Å². The number of amides is 1. The van der Waals surface area contributed by atoms with Gasteiger partial charge in [-0.05, 0) is 62.8 Å². The fourth-order valence-corrected chi connectivity index (χ4v) is 7.36. The van der Waals surface area contributed by atoms with Gasteiger partial charge in [0.15, 0.2) is 5.65 Å². The van der Waals surface area contributed by atoms with E-state index >= 15 is 0 Å². The fourth-order valence-electron chi connectivity index (χ4n) is 7.36. The van der Waals surface area contributed by atoms with Crippen molar-refractivity contribution in [3.63, 3.8) is 0 Å². The molecule has 0 bridgehead atoms. The first-order valence-corrected chi connectivity index (χ1v) is 17.8. The van der Waals surface area contributed by atoms with Crippen LogP contribution in [0.25, 0.3) is 22.4 Å². The van der Waals surface area contributed by atoms with Crippen molar-refractivity contribution < 1.29 is 37.0 Å². The lowest BCUT2D eigenvalue weighted by Crippen LogP contribution is -2.57. The number of anilines is 2. The monoisotopic (exact) mass is 738 g/mol. The smallest absolute Gasteiger partial charge is 0.421 e. The first-order chi connectivity index (χ1) is 25.4. The molecule has 53 heavy (non-hydrogen) atoms. The number of nitrogens with one attached hydrogen (secondary N) is 3. The van der Waals surface area contributed by atoms with Crippen LogP contribution < -0.4 is 20.3 Å². The van der Waals surface area contributed by atoms with Crippen LogP contribution in [0.4, 0.5) is 24.8 Å². The molecule has 0 radical (unpaired) electrons. The maximum atomic E-state index is 14.1. The number of nitrogens with zero attached hydrogens (tertiary/aromatic N) is 5. The zero-order valence-corrected chi connectivity index (χ0v) is 30.4. The number of methoxy groups -OCH3 is 2. The van der Waals surface area contributed by atoms with Crippen molar-refractivity contribution in [1.82, 2.24) is 30.2 Å². The Morgan fingerprint density at radius 2 is 1.77 bits per heavy atom. The van der Waals surface area contributed by atoms with Gasteiger partial charge in [0, 0.05) is 50.6 Å². The summed E-state index contributed by atoms with van der Waals surface area (Å²) in [6, 6.07) is 6.01. The van der Waals surface area contributed by atoms with Crippen molar-refractivity contribution in [2.75, 3.05) is 51.2 Å². The van der Waals surface area contributed by atoms with Gasteiger partial charge in [-0.2, -0.15) is 18.2 Å². The highest BCUT2D eigenvalue weighted by molar-refractivity contribution is 6.03. The maximum Gasteiger partial charge on any atom is 0.421 e. The zero-order chi connectivity index (χ0) is 37.8. The summed E-state index contributed by atoms with van der Waals surface area (Å²) in [6.07, 6.45) is 5.72. The Morgan fingerprint density at radius 3 is 2.40 bits per heavy atom. The van der Waals surface area contributed by atoms with Gasteiger partial charge < -0.3 is 24.1 Å². The molecule has 6 rings (SSSR count). The molecule has 4 heterocycles. The number of imidazole rings is 1. The number of carbonyl (C=O) groups is 2. The summed E-state index contributed by atoms with van der Waals surface area (Å²) in [5.41, 5.74) is 0.752. The molecule has 2 aliphatic carbocycles. The van der Waals surface area contributed by atoms with Gasteiger partial charge in [0.05, 0.1) is 31.7 Å². The van der Waals surface area contributed by atoms with Crippen LogP contribution in [0.15, 0.2) is 36.7 Å². The molecule has 284 valence electrons. The normalized spacial score (nSPS) is 16.5. The maximum absolute atomic E-state index is 14.1. The quantitative estimate of drug-likeness (QED) is 0.125. The lowest BCUT2D eigenvalue weighted by atomic mass is 9.74. The molecular weight excluding hydrogens is 693 g/mol. The predicted octanol–water partition coefficient (Wildman–Crippen LogP) is 6.30. The van der Waals surface area contributed by atoms with E-state index in [0.29, 0.717) is 43.7 Å². The Labute approximate surface area is 305 Å². The molecule has 2 fully saturated rings. The third-order valence-corrected chi connectivity index (χ3v) is 10.2. The Kier molecular flexibility index (Phi) is 11.2.